The third-order valence-electron chi connectivity index (χ3n) is 3.33. The van der Waals surface area contributed by atoms with Crippen LogP contribution in [0, 0.1) is 6.92 Å². The normalized spacial score (nSPS) is 11.9. The molecule has 0 aromatic carbocycles. The van der Waals surface area contributed by atoms with Gasteiger partial charge in [0.25, 0.3) is 0 Å². The van der Waals surface area contributed by atoms with E-state index >= 15 is 0 Å². The molecule has 0 atom stereocenters. The molecule has 0 bridgehead atoms. The minimum Gasteiger partial charge on any atom is -0.308 e. The Labute approximate surface area is 103 Å². The fraction of sp³-hybridized carbons (Fsp3) is 0.667. The Morgan fingerprint density at radius 2 is 2.06 bits per heavy atom. The zero-order valence-electron chi connectivity index (χ0n) is 11.4. The van der Waals surface area contributed by atoms with E-state index in [9.17, 15) is 0 Å². The summed E-state index contributed by atoms with van der Waals surface area (Å²) in [7, 11) is 2.09. The monoisotopic (exact) mass is 237 g/mol. The quantitative estimate of drug-likeness (QED) is 0.602. The Balaban J connectivity index is 2.84. The average Bonchev–Trinajstić information content (AvgIpc) is 2.28. The lowest BCUT2D eigenvalue weighted by Gasteiger charge is -2.34. The van der Waals surface area contributed by atoms with Crippen LogP contribution < -0.4 is 11.3 Å². The molecule has 17 heavy (non-hydrogen) atoms. The Bertz CT molecular complexity index is 375. The van der Waals surface area contributed by atoms with E-state index < -0.39 is 0 Å². The van der Waals surface area contributed by atoms with Gasteiger partial charge in [-0.1, -0.05) is 6.92 Å². The summed E-state index contributed by atoms with van der Waals surface area (Å²) >= 11 is 0. The van der Waals surface area contributed by atoms with Crippen LogP contribution in [0.4, 0.5) is 5.82 Å². The molecule has 1 rings (SSSR count). The molecule has 0 aliphatic heterocycles. The second-order valence-corrected chi connectivity index (χ2v) is 4.98. The summed E-state index contributed by atoms with van der Waals surface area (Å²) in [6.07, 6.45) is 1.08. The summed E-state index contributed by atoms with van der Waals surface area (Å²) < 4.78 is 0. The first-order valence-electron chi connectivity index (χ1n) is 5.91. The van der Waals surface area contributed by atoms with Gasteiger partial charge in [-0.2, -0.15) is 0 Å². The van der Waals surface area contributed by atoms with Gasteiger partial charge in [-0.15, -0.1) is 0 Å². The summed E-state index contributed by atoms with van der Waals surface area (Å²) in [5.41, 5.74) is 3.63. The minimum absolute atomic E-state index is 0.142. The predicted octanol–water partition coefficient (Wildman–Crippen LogP) is 1.69. The van der Waals surface area contributed by atoms with Crippen LogP contribution in [0.25, 0.3) is 0 Å². The fourth-order valence-corrected chi connectivity index (χ4v) is 1.47. The van der Waals surface area contributed by atoms with Crippen molar-refractivity contribution in [3.8, 4) is 0 Å². The lowest BCUT2D eigenvalue weighted by molar-refractivity contribution is 0.139. The Hall–Kier alpha value is -1.20. The van der Waals surface area contributed by atoms with Crippen LogP contribution >= 0.6 is 0 Å². The standard InChI is InChI=1S/C12H23N5/c1-6-12(3,4)17(5)8-11-14-9(2)7-10(15-11)16-13/h7H,6,8,13H2,1-5H3,(H,14,15,16). The zero-order chi connectivity index (χ0) is 13.1. The van der Waals surface area contributed by atoms with Crippen LogP contribution in [0.3, 0.4) is 0 Å². The molecule has 0 saturated heterocycles. The molecule has 0 fully saturated rings. The van der Waals surface area contributed by atoms with Crippen LogP contribution in [0.15, 0.2) is 6.07 Å². The SMILES string of the molecule is CCC(C)(C)N(C)Cc1nc(C)cc(NN)n1. The van der Waals surface area contributed by atoms with E-state index in [0.717, 1.165) is 24.5 Å². The number of nitrogens with zero attached hydrogens (tertiary/aromatic N) is 3. The minimum atomic E-state index is 0.142. The van der Waals surface area contributed by atoms with E-state index in [0.29, 0.717) is 5.82 Å². The molecule has 1 aromatic rings. The third-order valence-corrected chi connectivity index (χ3v) is 3.33. The second-order valence-electron chi connectivity index (χ2n) is 4.98. The highest BCUT2D eigenvalue weighted by atomic mass is 15.3. The number of nitrogen functional groups attached to an aromatic ring is 1. The van der Waals surface area contributed by atoms with E-state index in [4.69, 9.17) is 5.84 Å². The van der Waals surface area contributed by atoms with E-state index in [2.05, 4.69) is 48.1 Å². The third kappa shape index (κ3) is 3.64. The molecule has 0 amide bonds. The van der Waals surface area contributed by atoms with Crippen molar-refractivity contribution in [1.82, 2.24) is 14.9 Å². The predicted molar refractivity (Wildman–Crippen MR) is 70.4 cm³/mol. The van der Waals surface area contributed by atoms with Crippen LogP contribution in [0.5, 0.6) is 0 Å². The number of nitrogens with two attached hydrogens (primary N) is 1. The number of rotatable bonds is 5. The van der Waals surface area contributed by atoms with Crippen molar-refractivity contribution >= 4 is 5.82 Å². The molecule has 3 N–H and O–H groups in total. The van der Waals surface area contributed by atoms with Crippen molar-refractivity contribution in [2.24, 2.45) is 5.84 Å². The average molecular weight is 237 g/mol. The smallest absolute Gasteiger partial charge is 0.145 e. The van der Waals surface area contributed by atoms with Gasteiger partial charge in [-0.05, 0) is 34.2 Å². The van der Waals surface area contributed by atoms with Gasteiger partial charge in [0.05, 0.1) is 6.54 Å². The van der Waals surface area contributed by atoms with Crippen molar-refractivity contribution < 1.29 is 0 Å². The first-order valence-corrected chi connectivity index (χ1v) is 5.91. The van der Waals surface area contributed by atoms with Crippen LogP contribution in [-0.2, 0) is 6.54 Å². The maximum absolute atomic E-state index is 5.38. The van der Waals surface area contributed by atoms with Crippen molar-refractivity contribution in [2.75, 3.05) is 12.5 Å². The molecular formula is C12H23N5. The van der Waals surface area contributed by atoms with Gasteiger partial charge < -0.3 is 5.43 Å². The summed E-state index contributed by atoms with van der Waals surface area (Å²) in [5, 5.41) is 0. The Morgan fingerprint density at radius 1 is 1.41 bits per heavy atom. The molecule has 1 heterocycles. The largest absolute Gasteiger partial charge is 0.308 e. The first kappa shape index (κ1) is 13.9. The molecule has 1 aromatic heterocycles. The summed E-state index contributed by atoms with van der Waals surface area (Å²) in [6.45, 7) is 9.27. The molecule has 0 radical (unpaired) electrons. The van der Waals surface area contributed by atoms with E-state index in [1.54, 1.807) is 0 Å². The highest BCUT2D eigenvalue weighted by Crippen LogP contribution is 2.18. The second kappa shape index (κ2) is 5.42. The fourth-order valence-electron chi connectivity index (χ4n) is 1.47. The van der Waals surface area contributed by atoms with Gasteiger partial charge in [0.1, 0.15) is 11.6 Å². The van der Waals surface area contributed by atoms with Gasteiger partial charge in [0.2, 0.25) is 0 Å². The molecule has 0 aliphatic rings. The Kier molecular flexibility index (Phi) is 4.42. The summed E-state index contributed by atoms with van der Waals surface area (Å²) in [6, 6.07) is 1.83. The number of hydrogen-bond donors (Lipinski definition) is 2. The first-order chi connectivity index (χ1) is 7.89. The highest BCUT2D eigenvalue weighted by molar-refractivity contribution is 5.33. The molecule has 0 spiro atoms. The maximum Gasteiger partial charge on any atom is 0.145 e. The van der Waals surface area contributed by atoms with E-state index in [1.165, 1.54) is 0 Å². The van der Waals surface area contributed by atoms with Gasteiger partial charge in [-0.3, -0.25) is 4.90 Å². The van der Waals surface area contributed by atoms with Gasteiger partial charge in [0.15, 0.2) is 0 Å². The molecule has 5 heteroatoms. The van der Waals surface area contributed by atoms with E-state index in [1.807, 2.05) is 13.0 Å². The number of hydrazine groups is 1. The number of anilines is 1. The van der Waals surface area contributed by atoms with Crippen LogP contribution in [-0.4, -0.2) is 27.5 Å². The lowest BCUT2D eigenvalue weighted by atomic mass is 10.0. The lowest BCUT2D eigenvalue weighted by Crippen LogP contribution is -2.40. The maximum atomic E-state index is 5.38. The van der Waals surface area contributed by atoms with Gasteiger partial charge in [0, 0.05) is 17.3 Å². The summed E-state index contributed by atoms with van der Waals surface area (Å²) in [5.74, 6) is 6.83. The number of nitrogens with one attached hydrogen (secondary N) is 1. The molecule has 0 saturated carbocycles. The molecule has 5 nitrogen and oxygen atoms in total. The molecule has 96 valence electrons. The number of aryl methyl sites for hydroxylation is 1. The number of aromatic nitrogens is 2. The molecule has 0 unspecified atom stereocenters. The van der Waals surface area contributed by atoms with Crippen molar-refractivity contribution in [3.63, 3.8) is 0 Å². The van der Waals surface area contributed by atoms with Crippen LogP contribution in [0.1, 0.15) is 38.7 Å². The highest BCUT2D eigenvalue weighted by Gasteiger charge is 2.21. The Morgan fingerprint density at radius 3 is 2.59 bits per heavy atom. The van der Waals surface area contributed by atoms with Crippen molar-refractivity contribution in [1.29, 1.82) is 0 Å². The molecular weight excluding hydrogens is 214 g/mol. The number of hydrogen-bond acceptors (Lipinski definition) is 5. The summed E-state index contributed by atoms with van der Waals surface area (Å²) in [4.78, 5) is 11.0. The van der Waals surface area contributed by atoms with Crippen LogP contribution in [0.2, 0.25) is 0 Å². The van der Waals surface area contributed by atoms with E-state index in [-0.39, 0.29) is 5.54 Å². The van der Waals surface area contributed by atoms with Gasteiger partial charge >= 0.3 is 0 Å². The van der Waals surface area contributed by atoms with Crippen molar-refractivity contribution in [2.45, 2.75) is 46.2 Å². The topological polar surface area (TPSA) is 67.1 Å². The molecule has 0 aliphatic carbocycles. The zero-order valence-corrected chi connectivity index (χ0v) is 11.4. The van der Waals surface area contributed by atoms with Gasteiger partial charge in [-0.25, -0.2) is 15.8 Å². The van der Waals surface area contributed by atoms with Crippen molar-refractivity contribution in [3.05, 3.63) is 17.6 Å².